The quantitative estimate of drug-likeness (QED) is 0.714. The molecule has 0 aliphatic carbocycles. The first kappa shape index (κ1) is 17.5. The number of carbonyl (C=O) groups is 1. The van der Waals surface area contributed by atoms with Crippen molar-refractivity contribution in [3.05, 3.63) is 63.8 Å². The first-order valence-electron chi connectivity index (χ1n) is 9.31. The molecule has 0 radical (unpaired) electrons. The Hall–Kier alpha value is -2.96. The lowest BCUT2D eigenvalue weighted by atomic mass is 9.90. The van der Waals surface area contributed by atoms with Crippen molar-refractivity contribution in [3.8, 4) is 0 Å². The van der Waals surface area contributed by atoms with E-state index in [0.717, 1.165) is 19.3 Å². The summed E-state index contributed by atoms with van der Waals surface area (Å²) in [5, 5.41) is 8.10. The van der Waals surface area contributed by atoms with E-state index in [0.29, 0.717) is 12.1 Å². The SMILES string of the molecule is Cc1cccc(C2CCCCN2C(=O)Cn2ncn3nccc3c2=O)c1C. The van der Waals surface area contributed by atoms with E-state index in [1.54, 1.807) is 12.3 Å². The van der Waals surface area contributed by atoms with Crippen molar-refractivity contribution >= 4 is 11.4 Å². The molecular formula is C20H23N5O2. The molecule has 1 atom stereocenters. The first-order chi connectivity index (χ1) is 13.1. The molecule has 3 heterocycles. The van der Waals surface area contributed by atoms with Gasteiger partial charge in [0.1, 0.15) is 18.4 Å². The molecule has 1 aromatic carbocycles. The number of piperidine rings is 1. The Balaban J connectivity index is 1.63. The van der Waals surface area contributed by atoms with Crippen molar-refractivity contribution < 1.29 is 4.79 Å². The third-order valence-electron chi connectivity index (χ3n) is 5.54. The Bertz CT molecular complexity index is 1050. The summed E-state index contributed by atoms with van der Waals surface area (Å²) in [6.07, 6.45) is 6.03. The van der Waals surface area contributed by atoms with Crippen LogP contribution < -0.4 is 5.56 Å². The van der Waals surface area contributed by atoms with Crippen LogP contribution in [0.25, 0.3) is 5.52 Å². The van der Waals surface area contributed by atoms with E-state index in [1.807, 2.05) is 4.90 Å². The second-order valence-electron chi connectivity index (χ2n) is 7.14. The highest BCUT2D eigenvalue weighted by molar-refractivity contribution is 5.76. The molecule has 7 nitrogen and oxygen atoms in total. The zero-order valence-electron chi connectivity index (χ0n) is 15.6. The maximum atomic E-state index is 13.1. The van der Waals surface area contributed by atoms with Crippen LogP contribution in [0.2, 0.25) is 0 Å². The lowest BCUT2D eigenvalue weighted by Gasteiger charge is -2.37. The fraction of sp³-hybridized carbons (Fsp3) is 0.400. The number of aryl methyl sites for hydroxylation is 1. The topological polar surface area (TPSA) is 72.5 Å². The van der Waals surface area contributed by atoms with Gasteiger partial charge >= 0.3 is 0 Å². The molecule has 140 valence electrons. The molecule has 3 aromatic rings. The van der Waals surface area contributed by atoms with Crippen LogP contribution >= 0.6 is 0 Å². The van der Waals surface area contributed by atoms with Gasteiger partial charge in [-0.1, -0.05) is 18.2 Å². The number of likely N-dealkylation sites (tertiary alicyclic amines) is 1. The number of carbonyl (C=O) groups excluding carboxylic acids is 1. The van der Waals surface area contributed by atoms with Gasteiger partial charge in [-0.15, -0.1) is 0 Å². The van der Waals surface area contributed by atoms with Crippen molar-refractivity contribution in [3.63, 3.8) is 0 Å². The van der Waals surface area contributed by atoms with E-state index in [4.69, 9.17) is 0 Å². The van der Waals surface area contributed by atoms with Crippen molar-refractivity contribution in [2.24, 2.45) is 0 Å². The molecule has 0 saturated carbocycles. The van der Waals surface area contributed by atoms with E-state index in [9.17, 15) is 9.59 Å². The standard InChI is InChI=1S/C20H23N5O2/c1-14-6-5-7-16(15(14)2)17-8-3-4-11-23(17)19(26)12-24-20(27)18-9-10-21-25(18)13-22-24/h5-7,9-10,13,17H,3-4,8,11-12H2,1-2H3. The summed E-state index contributed by atoms with van der Waals surface area (Å²) in [7, 11) is 0. The van der Waals surface area contributed by atoms with Crippen LogP contribution in [0, 0.1) is 13.8 Å². The number of fused-ring (bicyclic) bond motifs is 1. The molecule has 7 heteroatoms. The van der Waals surface area contributed by atoms with Crippen molar-refractivity contribution in [2.45, 2.75) is 45.7 Å². The largest absolute Gasteiger partial charge is 0.334 e. The summed E-state index contributed by atoms with van der Waals surface area (Å²) < 4.78 is 2.65. The fourth-order valence-electron chi connectivity index (χ4n) is 3.89. The summed E-state index contributed by atoms with van der Waals surface area (Å²) in [5.41, 5.74) is 3.79. The minimum atomic E-state index is -0.302. The molecule has 0 spiro atoms. The van der Waals surface area contributed by atoms with Gasteiger partial charge in [0.25, 0.3) is 5.56 Å². The van der Waals surface area contributed by atoms with Gasteiger partial charge in [0.05, 0.1) is 12.2 Å². The molecule has 4 rings (SSSR count). The second-order valence-corrected chi connectivity index (χ2v) is 7.14. The van der Waals surface area contributed by atoms with Crippen molar-refractivity contribution in [1.29, 1.82) is 0 Å². The van der Waals surface area contributed by atoms with Gasteiger partial charge in [-0.25, -0.2) is 9.20 Å². The summed E-state index contributed by atoms with van der Waals surface area (Å²) >= 11 is 0. The van der Waals surface area contributed by atoms with Crippen LogP contribution in [0.1, 0.15) is 42.0 Å². The van der Waals surface area contributed by atoms with E-state index in [-0.39, 0.29) is 24.1 Å². The monoisotopic (exact) mass is 365 g/mol. The third-order valence-corrected chi connectivity index (χ3v) is 5.54. The maximum Gasteiger partial charge on any atom is 0.293 e. The number of amides is 1. The lowest BCUT2D eigenvalue weighted by Crippen LogP contribution is -2.42. The van der Waals surface area contributed by atoms with Gasteiger partial charge in [0.2, 0.25) is 5.91 Å². The zero-order valence-corrected chi connectivity index (χ0v) is 15.6. The van der Waals surface area contributed by atoms with E-state index < -0.39 is 0 Å². The number of aromatic nitrogens is 4. The van der Waals surface area contributed by atoms with Crippen LogP contribution in [0.5, 0.6) is 0 Å². The smallest absolute Gasteiger partial charge is 0.293 e. The number of nitrogens with zero attached hydrogens (tertiary/aromatic N) is 5. The van der Waals surface area contributed by atoms with Gasteiger partial charge in [-0.05, 0) is 55.9 Å². The van der Waals surface area contributed by atoms with Gasteiger partial charge in [0.15, 0.2) is 0 Å². The molecule has 1 aliphatic rings. The Labute approximate surface area is 157 Å². The Kier molecular flexibility index (Phi) is 4.51. The normalized spacial score (nSPS) is 17.4. The molecular weight excluding hydrogens is 342 g/mol. The molecule has 0 bridgehead atoms. The minimum Gasteiger partial charge on any atom is -0.334 e. The van der Waals surface area contributed by atoms with Crippen LogP contribution in [0.15, 0.2) is 41.6 Å². The number of hydrogen-bond acceptors (Lipinski definition) is 4. The summed E-state index contributed by atoms with van der Waals surface area (Å²) in [6.45, 7) is 4.86. The molecule has 1 fully saturated rings. The third kappa shape index (κ3) is 3.13. The highest BCUT2D eigenvalue weighted by Gasteiger charge is 2.29. The number of benzene rings is 1. The van der Waals surface area contributed by atoms with Crippen LogP contribution in [0.3, 0.4) is 0 Å². The number of rotatable bonds is 3. The maximum absolute atomic E-state index is 13.1. The molecule has 1 amide bonds. The Morgan fingerprint density at radius 2 is 2.04 bits per heavy atom. The minimum absolute atomic E-state index is 0.0537. The number of hydrogen-bond donors (Lipinski definition) is 0. The summed E-state index contributed by atoms with van der Waals surface area (Å²) in [5.74, 6) is -0.0703. The molecule has 0 N–H and O–H groups in total. The molecule has 27 heavy (non-hydrogen) atoms. The van der Waals surface area contributed by atoms with Crippen molar-refractivity contribution in [1.82, 2.24) is 24.3 Å². The van der Waals surface area contributed by atoms with E-state index >= 15 is 0 Å². The van der Waals surface area contributed by atoms with Gasteiger partial charge in [0, 0.05) is 6.54 Å². The lowest BCUT2D eigenvalue weighted by molar-refractivity contribution is -0.136. The highest BCUT2D eigenvalue weighted by Crippen LogP contribution is 2.33. The van der Waals surface area contributed by atoms with Crippen LogP contribution in [0.4, 0.5) is 0 Å². The summed E-state index contributed by atoms with van der Waals surface area (Å²) in [4.78, 5) is 27.5. The van der Waals surface area contributed by atoms with Crippen LogP contribution in [-0.4, -0.2) is 36.7 Å². The predicted octanol–water partition coefficient (Wildman–Crippen LogP) is 2.26. The molecule has 1 aliphatic heterocycles. The Morgan fingerprint density at radius 3 is 2.89 bits per heavy atom. The van der Waals surface area contributed by atoms with Gasteiger partial charge in [-0.2, -0.15) is 10.2 Å². The molecule has 1 unspecified atom stereocenters. The van der Waals surface area contributed by atoms with Gasteiger partial charge in [-0.3, -0.25) is 9.59 Å². The van der Waals surface area contributed by atoms with Gasteiger partial charge < -0.3 is 4.90 Å². The Morgan fingerprint density at radius 1 is 1.19 bits per heavy atom. The molecule has 1 saturated heterocycles. The fourth-order valence-corrected chi connectivity index (χ4v) is 3.89. The predicted molar refractivity (Wildman–Crippen MR) is 101 cm³/mol. The average Bonchev–Trinajstić information content (AvgIpc) is 3.16. The van der Waals surface area contributed by atoms with Crippen molar-refractivity contribution in [2.75, 3.05) is 6.54 Å². The average molecular weight is 365 g/mol. The highest BCUT2D eigenvalue weighted by atomic mass is 16.2. The zero-order chi connectivity index (χ0) is 19.0. The summed E-state index contributed by atoms with van der Waals surface area (Å²) in [6, 6.07) is 7.94. The first-order valence-corrected chi connectivity index (χ1v) is 9.31. The van der Waals surface area contributed by atoms with Crippen LogP contribution in [-0.2, 0) is 11.3 Å². The van der Waals surface area contributed by atoms with E-state index in [2.05, 4.69) is 42.2 Å². The molecule has 2 aromatic heterocycles. The van der Waals surface area contributed by atoms with E-state index in [1.165, 1.54) is 32.2 Å². The second kappa shape index (κ2) is 6.98.